The van der Waals surface area contributed by atoms with Crippen LogP contribution in [0.1, 0.15) is 5.56 Å². The second-order valence-corrected chi connectivity index (χ2v) is 5.08. The van der Waals surface area contributed by atoms with Crippen molar-refractivity contribution in [1.29, 1.82) is 0 Å². The summed E-state index contributed by atoms with van der Waals surface area (Å²) in [5.41, 5.74) is 1.66. The van der Waals surface area contributed by atoms with Gasteiger partial charge in [0, 0.05) is 29.9 Å². The Morgan fingerprint density at radius 1 is 1.45 bits per heavy atom. The van der Waals surface area contributed by atoms with E-state index in [1.54, 1.807) is 24.4 Å². The van der Waals surface area contributed by atoms with E-state index in [1.165, 1.54) is 0 Å². The predicted octanol–water partition coefficient (Wildman–Crippen LogP) is 1.64. The molecule has 1 aliphatic rings. The normalized spacial score (nSPS) is 16.5. The molecular weight excluding hydrogens is 278 g/mol. The van der Waals surface area contributed by atoms with E-state index in [9.17, 15) is 4.79 Å². The molecule has 0 saturated heterocycles. The van der Waals surface area contributed by atoms with Crippen molar-refractivity contribution >= 4 is 23.3 Å². The highest BCUT2D eigenvalue weighted by molar-refractivity contribution is 6.32. The van der Waals surface area contributed by atoms with Crippen molar-refractivity contribution in [3.05, 3.63) is 46.6 Å². The fourth-order valence-electron chi connectivity index (χ4n) is 1.72. The summed E-state index contributed by atoms with van der Waals surface area (Å²) >= 11 is 5.95. The van der Waals surface area contributed by atoms with Gasteiger partial charge in [0.2, 0.25) is 0 Å². The van der Waals surface area contributed by atoms with Crippen LogP contribution in [-0.2, 0) is 9.63 Å². The maximum atomic E-state index is 11.7. The van der Waals surface area contributed by atoms with Gasteiger partial charge < -0.3 is 15.1 Å². The topological polar surface area (TPSA) is 53.9 Å². The van der Waals surface area contributed by atoms with Gasteiger partial charge in [-0.3, -0.25) is 0 Å². The zero-order valence-electron chi connectivity index (χ0n) is 11.4. The van der Waals surface area contributed by atoms with Crippen molar-refractivity contribution in [2.24, 2.45) is 5.16 Å². The van der Waals surface area contributed by atoms with Crippen LogP contribution in [0.2, 0.25) is 5.02 Å². The first-order valence-corrected chi connectivity index (χ1v) is 6.59. The summed E-state index contributed by atoms with van der Waals surface area (Å²) in [5.74, 6) is -0.461. The summed E-state index contributed by atoms with van der Waals surface area (Å²) in [6, 6.07) is 7.15. The standard InChI is InChI=1S/C14H16ClN3O2/c1-18(2)7-6-16-9-12-13(17-20-14(12)19)10-4-3-5-11(15)8-10/h3-5,8-9,16H,6-7H2,1-2H3/b12-9-. The molecule has 0 atom stereocenters. The highest BCUT2D eigenvalue weighted by Crippen LogP contribution is 2.20. The molecule has 20 heavy (non-hydrogen) atoms. The molecule has 1 aromatic rings. The molecule has 2 rings (SSSR count). The molecule has 0 aliphatic carbocycles. The number of oxime groups is 1. The Morgan fingerprint density at radius 3 is 2.95 bits per heavy atom. The van der Waals surface area contributed by atoms with Crippen molar-refractivity contribution in [2.75, 3.05) is 27.2 Å². The third kappa shape index (κ3) is 3.59. The smallest absolute Gasteiger partial charge is 0.369 e. The lowest BCUT2D eigenvalue weighted by Crippen LogP contribution is -2.24. The molecule has 1 heterocycles. The summed E-state index contributed by atoms with van der Waals surface area (Å²) < 4.78 is 0. The molecule has 0 bridgehead atoms. The molecule has 5 nitrogen and oxygen atoms in total. The number of halogens is 1. The number of likely N-dealkylation sites (N-methyl/N-ethyl adjacent to an activating group) is 1. The van der Waals surface area contributed by atoms with Crippen LogP contribution in [0.15, 0.2) is 41.2 Å². The van der Waals surface area contributed by atoms with Crippen molar-refractivity contribution < 1.29 is 9.63 Å². The Balaban J connectivity index is 2.12. The van der Waals surface area contributed by atoms with E-state index in [0.29, 0.717) is 16.3 Å². The van der Waals surface area contributed by atoms with Crippen LogP contribution in [0.5, 0.6) is 0 Å². The maximum absolute atomic E-state index is 11.7. The largest absolute Gasteiger partial charge is 0.389 e. The van der Waals surface area contributed by atoms with E-state index in [2.05, 4.69) is 10.5 Å². The van der Waals surface area contributed by atoms with Crippen LogP contribution in [0.4, 0.5) is 0 Å². The van der Waals surface area contributed by atoms with E-state index in [4.69, 9.17) is 16.4 Å². The van der Waals surface area contributed by atoms with E-state index in [0.717, 1.165) is 18.7 Å². The number of rotatable bonds is 5. The molecule has 0 aromatic heterocycles. The van der Waals surface area contributed by atoms with E-state index in [1.807, 2.05) is 25.1 Å². The molecule has 1 aliphatic heterocycles. The lowest BCUT2D eigenvalue weighted by molar-refractivity contribution is -0.136. The average Bonchev–Trinajstić information content (AvgIpc) is 2.76. The van der Waals surface area contributed by atoms with Crippen molar-refractivity contribution in [3.63, 3.8) is 0 Å². The quantitative estimate of drug-likeness (QED) is 0.509. The average molecular weight is 294 g/mol. The number of carbonyl (C=O) groups excluding carboxylic acids is 1. The molecule has 1 aromatic carbocycles. The van der Waals surface area contributed by atoms with Crippen molar-refractivity contribution in [1.82, 2.24) is 10.2 Å². The Kier molecular flexibility index (Phi) is 4.76. The fraction of sp³-hybridized carbons (Fsp3) is 0.286. The van der Waals surface area contributed by atoms with Gasteiger partial charge in [-0.25, -0.2) is 4.79 Å². The number of hydrogen-bond acceptors (Lipinski definition) is 5. The Hall–Kier alpha value is -1.85. The van der Waals surface area contributed by atoms with Gasteiger partial charge >= 0.3 is 5.97 Å². The highest BCUT2D eigenvalue weighted by atomic mass is 35.5. The number of nitrogens with one attached hydrogen (secondary N) is 1. The number of nitrogens with zero attached hydrogens (tertiary/aromatic N) is 2. The zero-order chi connectivity index (χ0) is 14.5. The van der Waals surface area contributed by atoms with Crippen LogP contribution >= 0.6 is 11.6 Å². The monoisotopic (exact) mass is 293 g/mol. The first-order chi connectivity index (χ1) is 9.58. The maximum Gasteiger partial charge on any atom is 0.369 e. The van der Waals surface area contributed by atoms with Gasteiger partial charge in [0.15, 0.2) is 0 Å². The van der Waals surface area contributed by atoms with E-state index >= 15 is 0 Å². The summed E-state index contributed by atoms with van der Waals surface area (Å²) in [6.45, 7) is 1.59. The van der Waals surface area contributed by atoms with Gasteiger partial charge in [-0.15, -0.1) is 0 Å². The minimum Gasteiger partial charge on any atom is -0.389 e. The SMILES string of the molecule is CN(C)CCN/C=C1\C(=O)ON=C1c1cccc(Cl)c1. The van der Waals surface area contributed by atoms with Crippen LogP contribution in [0, 0.1) is 0 Å². The molecule has 0 saturated carbocycles. The zero-order valence-corrected chi connectivity index (χ0v) is 12.1. The van der Waals surface area contributed by atoms with Gasteiger partial charge in [0.25, 0.3) is 0 Å². The Bertz CT molecular complexity index is 567. The molecule has 0 fully saturated rings. The molecule has 0 radical (unpaired) electrons. The van der Waals surface area contributed by atoms with Gasteiger partial charge in [-0.1, -0.05) is 28.9 Å². The molecule has 6 heteroatoms. The summed E-state index contributed by atoms with van der Waals surface area (Å²) in [6.07, 6.45) is 1.64. The third-order valence-electron chi connectivity index (χ3n) is 2.74. The molecular formula is C14H16ClN3O2. The molecule has 0 unspecified atom stereocenters. The van der Waals surface area contributed by atoms with Crippen LogP contribution in [0.3, 0.4) is 0 Å². The van der Waals surface area contributed by atoms with Gasteiger partial charge in [-0.2, -0.15) is 0 Å². The van der Waals surface area contributed by atoms with Crippen molar-refractivity contribution in [3.8, 4) is 0 Å². The van der Waals surface area contributed by atoms with Gasteiger partial charge in [0.05, 0.1) is 0 Å². The lowest BCUT2D eigenvalue weighted by atomic mass is 10.0. The Labute approximate surface area is 122 Å². The lowest BCUT2D eigenvalue weighted by Gasteiger charge is -2.09. The molecule has 1 N–H and O–H groups in total. The second kappa shape index (κ2) is 6.54. The van der Waals surface area contributed by atoms with E-state index in [-0.39, 0.29) is 0 Å². The minimum absolute atomic E-state index is 0.408. The fourth-order valence-corrected chi connectivity index (χ4v) is 1.91. The van der Waals surface area contributed by atoms with Gasteiger partial charge in [-0.05, 0) is 26.2 Å². The van der Waals surface area contributed by atoms with Crippen LogP contribution in [-0.4, -0.2) is 43.8 Å². The van der Waals surface area contributed by atoms with Crippen LogP contribution in [0.25, 0.3) is 0 Å². The summed E-state index contributed by atoms with van der Waals surface area (Å²) in [7, 11) is 3.97. The van der Waals surface area contributed by atoms with Gasteiger partial charge in [0.1, 0.15) is 11.3 Å². The minimum atomic E-state index is -0.461. The first-order valence-electron chi connectivity index (χ1n) is 6.22. The second-order valence-electron chi connectivity index (χ2n) is 4.64. The molecule has 0 spiro atoms. The first kappa shape index (κ1) is 14.6. The summed E-state index contributed by atoms with van der Waals surface area (Å²) in [5, 5.41) is 7.49. The number of hydrogen-bond donors (Lipinski definition) is 1. The van der Waals surface area contributed by atoms with Crippen molar-refractivity contribution in [2.45, 2.75) is 0 Å². The molecule has 106 valence electrons. The number of benzene rings is 1. The Morgan fingerprint density at radius 2 is 2.25 bits per heavy atom. The van der Waals surface area contributed by atoms with Crippen LogP contribution < -0.4 is 5.32 Å². The highest BCUT2D eigenvalue weighted by Gasteiger charge is 2.26. The predicted molar refractivity (Wildman–Crippen MR) is 78.7 cm³/mol. The summed E-state index contributed by atoms with van der Waals surface area (Å²) in [4.78, 5) is 18.5. The molecule has 0 amide bonds. The number of carbonyl (C=O) groups is 1. The van der Waals surface area contributed by atoms with E-state index < -0.39 is 5.97 Å². The third-order valence-corrected chi connectivity index (χ3v) is 2.98.